The average molecular weight is 370 g/mol. The number of aromatic nitrogens is 3. The predicted molar refractivity (Wildman–Crippen MR) is 109 cm³/mol. The number of likely N-dealkylation sites (N-methyl/N-ethyl adjacent to an activating group) is 1. The van der Waals surface area contributed by atoms with E-state index in [1.165, 1.54) is 21.4 Å². The lowest BCUT2D eigenvalue weighted by Gasteiger charge is -2.16. The molecule has 6 heteroatoms. The molecule has 138 valence electrons. The van der Waals surface area contributed by atoms with Gasteiger partial charge in [-0.05, 0) is 37.4 Å². The van der Waals surface area contributed by atoms with Gasteiger partial charge in [0.25, 0.3) is 0 Å². The summed E-state index contributed by atoms with van der Waals surface area (Å²) in [6.45, 7) is 9.59. The Morgan fingerprint density at radius 1 is 1.19 bits per heavy atom. The van der Waals surface area contributed by atoms with Crippen LogP contribution in [0.15, 0.2) is 40.3 Å². The third-order valence-corrected chi connectivity index (χ3v) is 5.83. The number of benzene rings is 1. The fourth-order valence-corrected chi connectivity index (χ4v) is 4.28. The number of nitrogens with zero attached hydrogens (tertiary/aromatic N) is 4. The molecule has 4 rings (SSSR count). The zero-order valence-corrected chi connectivity index (χ0v) is 16.8. The van der Waals surface area contributed by atoms with E-state index in [2.05, 4.69) is 46.7 Å². The molecule has 0 radical (unpaired) electrons. The molecule has 0 unspecified atom stereocenters. The summed E-state index contributed by atoms with van der Waals surface area (Å²) < 4.78 is 2.12. The number of nitrogens with two attached hydrogens (primary N) is 1. The first-order chi connectivity index (χ1) is 12.7. The summed E-state index contributed by atoms with van der Waals surface area (Å²) in [7, 11) is 2.13. The molecule has 0 fully saturated rings. The van der Waals surface area contributed by atoms with Crippen molar-refractivity contribution in [1.29, 1.82) is 0 Å². The number of fused-ring (bicyclic) bond motifs is 2. The molecule has 0 aliphatic carbocycles. The maximum absolute atomic E-state index is 5.97. The van der Waals surface area contributed by atoms with Gasteiger partial charge in [0.15, 0.2) is 0 Å². The van der Waals surface area contributed by atoms with Crippen molar-refractivity contribution in [2.75, 3.05) is 20.1 Å². The van der Waals surface area contributed by atoms with Crippen LogP contribution in [0.3, 0.4) is 0 Å². The van der Waals surface area contributed by atoms with Crippen molar-refractivity contribution in [3.63, 3.8) is 0 Å². The van der Waals surface area contributed by atoms with Crippen molar-refractivity contribution < 1.29 is 0 Å². The Labute approximate surface area is 159 Å². The minimum atomic E-state index is 0.539. The second kappa shape index (κ2) is 8.20. The van der Waals surface area contributed by atoms with Gasteiger partial charge in [-0.1, -0.05) is 38.6 Å². The van der Waals surface area contributed by atoms with E-state index >= 15 is 0 Å². The Bertz CT molecular complexity index is 903. The molecular weight excluding hydrogens is 342 g/mol. The quantitative estimate of drug-likeness (QED) is 0.576. The van der Waals surface area contributed by atoms with Crippen LogP contribution in [-0.4, -0.2) is 39.8 Å². The fraction of sp³-hybridized carbons (Fsp3) is 0.400. The predicted octanol–water partition coefficient (Wildman–Crippen LogP) is 4.00. The van der Waals surface area contributed by atoms with Crippen LogP contribution in [0.1, 0.15) is 26.3 Å². The summed E-state index contributed by atoms with van der Waals surface area (Å²) in [6.07, 6.45) is 1.84. The van der Waals surface area contributed by atoms with Crippen LogP contribution >= 0.6 is 11.8 Å². The Balaban J connectivity index is 0.000000948. The molecular formula is C20H27N5S. The van der Waals surface area contributed by atoms with E-state index in [1.54, 1.807) is 11.8 Å². The number of hydrogen-bond donors (Lipinski definition) is 1. The minimum Gasteiger partial charge on any atom is -0.326 e. The average Bonchev–Trinajstić information content (AvgIpc) is 3.08. The van der Waals surface area contributed by atoms with E-state index in [0.29, 0.717) is 6.54 Å². The highest BCUT2D eigenvalue weighted by Crippen LogP contribution is 2.47. The van der Waals surface area contributed by atoms with Crippen molar-refractivity contribution in [2.24, 2.45) is 5.73 Å². The Hall–Kier alpha value is -1.89. The molecule has 0 atom stereocenters. The van der Waals surface area contributed by atoms with Gasteiger partial charge < -0.3 is 10.6 Å². The number of rotatable bonds is 5. The molecule has 0 bridgehead atoms. The second-order valence-electron chi connectivity index (χ2n) is 6.07. The SMILES string of the molecule is CC.CCN(C)CCn1nc2c3c(c(CN)ccc31)Sc1cccnc1-2. The summed E-state index contributed by atoms with van der Waals surface area (Å²) in [5.74, 6) is 0. The van der Waals surface area contributed by atoms with Gasteiger partial charge in [0.2, 0.25) is 0 Å². The van der Waals surface area contributed by atoms with Crippen LogP contribution in [0.2, 0.25) is 0 Å². The van der Waals surface area contributed by atoms with Crippen molar-refractivity contribution in [3.05, 3.63) is 36.0 Å². The van der Waals surface area contributed by atoms with Crippen molar-refractivity contribution in [3.8, 4) is 11.4 Å². The third kappa shape index (κ3) is 3.24. The van der Waals surface area contributed by atoms with Gasteiger partial charge in [0, 0.05) is 34.5 Å². The van der Waals surface area contributed by atoms with E-state index < -0.39 is 0 Å². The lowest BCUT2D eigenvalue weighted by atomic mass is 10.1. The Morgan fingerprint density at radius 3 is 2.73 bits per heavy atom. The van der Waals surface area contributed by atoms with Gasteiger partial charge in [0.05, 0.1) is 12.1 Å². The van der Waals surface area contributed by atoms with Gasteiger partial charge >= 0.3 is 0 Å². The molecule has 3 aromatic rings. The van der Waals surface area contributed by atoms with Gasteiger partial charge in [-0.2, -0.15) is 5.10 Å². The highest BCUT2D eigenvalue weighted by atomic mass is 32.2. The molecule has 1 aliphatic heterocycles. The lowest BCUT2D eigenvalue weighted by molar-refractivity contribution is 0.330. The molecule has 0 saturated carbocycles. The van der Waals surface area contributed by atoms with Gasteiger partial charge in [-0.15, -0.1) is 0 Å². The first kappa shape index (κ1) is 18.9. The molecule has 2 aromatic heterocycles. The van der Waals surface area contributed by atoms with E-state index in [4.69, 9.17) is 10.8 Å². The molecule has 2 N–H and O–H groups in total. The van der Waals surface area contributed by atoms with Gasteiger partial charge in [-0.3, -0.25) is 9.67 Å². The molecule has 26 heavy (non-hydrogen) atoms. The molecule has 0 amide bonds. The van der Waals surface area contributed by atoms with Crippen LogP contribution in [0.4, 0.5) is 0 Å². The van der Waals surface area contributed by atoms with E-state index in [9.17, 15) is 0 Å². The molecule has 1 aromatic carbocycles. The molecule has 0 spiro atoms. The highest BCUT2D eigenvalue weighted by molar-refractivity contribution is 7.99. The van der Waals surface area contributed by atoms with Crippen molar-refractivity contribution >= 4 is 22.7 Å². The Morgan fingerprint density at radius 2 is 2.00 bits per heavy atom. The summed E-state index contributed by atoms with van der Waals surface area (Å²) in [6, 6.07) is 8.38. The standard InChI is InChI=1S/C18H21N5S.C2H6/c1-3-22(2)9-10-23-13-7-6-12(11-19)18-15(13)17(21-23)16-14(24-18)5-4-8-20-16;1-2/h4-8H,3,9-11,19H2,1-2H3;1-2H3. The number of pyridine rings is 1. The van der Waals surface area contributed by atoms with Crippen molar-refractivity contribution in [2.45, 2.75) is 43.7 Å². The normalized spacial score (nSPS) is 12.1. The lowest BCUT2D eigenvalue weighted by Crippen LogP contribution is -2.23. The summed E-state index contributed by atoms with van der Waals surface area (Å²) in [5.41, 5.74) is 10.3. The van der Waals surface area contributed by atoms with Crippen LogP contribution in [0, 0.1) is 0 Å². The third-order valence-electron chi connectivity index (χ3n) is 4.61. The van der Waals surface area contributed by atoms with Crippen LogP contribution in [0.25, 0.3) is 22.3 Å². The van der Waals surface area contributed by atoms with E-state index in [-0.39, 0.29) is 0 Å². The first-order valence-electron chi connectivity index (χ1n) is 9.27. The molecule has 5 nitrogen and oxygen atoms in total. The maximum atomic E-state index is 5.97. The van der Waals surface area contributed by atoms with Gasteiger partial charge in [-0.25, -0.2) is 0 Å². The molecule has 1 aliphatic rings. The topological polar surface area (TPSA) is 60.0 Å². The minimum absolute atomic E-state index is 0.539. The first-order valence-corrected chi connectivity index (χ1v) is 10.1. The van der Waals surface area contributed by atoms with Gasteiger partial charge in [0.1, 0.15) is 11.4 Å². The van der Waals surface area contributed by atoms with E-state index in [1.807, 2.05) is 26.1 Å². The fourth-order valence-electron chi connectivity index (χ4n) is 3.08. The van der Waals surface area contributed by atoms with Crippen LogP contribution in [0.5, 0.6) is 0 Å². The largest absolute Gasteiger partial charge is 0.326 e. The van der Waals surface area contributed by atoms with Crippen LogP contribution in [-0.2, 0) is 13.1 Å². The maximum Gasteiger partial charge on any atom is 0.121 e. The summed E-state index contributed by atoms with van der Waals surface area (Å²) in [4.78, 5) is 9.27. The summed E-state index contributed by atoms with van der Waals surface area (Å²) >= 11 is 1.76. The number of hydrogen-bond acceptors (Lipinski definition) is 5. The van der Waals surface area contributed by atoms with Crippen LogP contribution < -0.4 is 5.73 Å². The summed E-state index contributed by atoms with van der Waals surface area (Å²) in [5, 5.41) is 6.12. The van der Waals surface area contributed by atoms with Crippen molar-refractivity contribution in [1.82, 2.24) is 19.7 Å². The smallest absolute Gasteiger partial charge is 0.121 e. The highest BCUT2D eigenvalue weighted by Gasteiger charge is 2.26. The Kier molecular flexibility index (Phi) is 5.96. The zero-order chi connectivity index (χ0) is 18.7. The molecule has 3 heterocycles. The molecule has 0 saturated heterocycles. The monoisotopic (exact) mass is 369 g/mol. The van der Waals surface area contributed by atoms with E-state index in [0.717, 1.165) is 35.9 Å². The zero-order valence-electron chi connectivity index (χ0n) is 16.0. The second-order valence-corrected chi connectivity index (χ2v) is 7.12.